The van der Waals surface area contributed by atoms with Crippen molar-refractivity contribution in [2.24, 2.45) is 0 Å². The molecule has 0 unspecified atom stereocenters. The summed E-state index contributed by atoms with van der Waals surface area (Å²) in [6.45, 7) is 1.95. The van der Waals surface area contributed by atoms with Crippen molar-refractivity contribution in [3.05, 3.63) is 140 Å². The molecule has 2 heterocycles. The van der Waals surface area contributed by atoms with Crippen LogP contribution in [0, 0.1) is 6.92 Å². The highest BCUT2D eigenvalue weighted by atomic mass is 79.9. The molecule has 3 atom stereocenters. The summed E-state index contributed by atoms with van der Waals surface area (Å²) in [6.07, 6.45) is 1.29. The molecule has 1 saturated heterocycles. The maximum Gasteiger partial charge on any atom is 0.330 e. The Bertz CT molecular complexity index is 1320. The van der Waals surface area contributed by atoms with E-state index in [2.05, 4.69) is 57.3 Å². The molecule has 1 fully saturated rings. The fourth-order valence-electron chi connectivity index (χ4n) is 4.79. The van der Waals surface area contributed by atoms with Gasteiger partial charge < -0.3 is 9.47 Å². The van der Waals surface area contributed by atoms with Gasteiger partial charge in [0, 0.05) is 23.0 Å². The van der Waals surface area contributed by atoms with Gasteiger partial charge in [-0.15, -0.1) is 0 Å². The van der Waals surface area contributed by atoms with Crippen LogP contribution in [0.5, 0.6) is 0 Å². The van der Waals surface area contributed by atoms with Crippen LogP contribution >= 0.6 is 15.9 Å². The van der Waals surface area contributed by atoms with Crippen LogP contribution in [0.3, 0.4) is 0 Å². The third-order valence-electron chi connectivity index (χ3n) is 6.62. The lowest BCUT2D eigenvalue weighted by atomic mass is 9.80. The SMILES string of the molecule is Cc1cn([C@H]2C[C@H](Br)[C@H](COC(c3ccccc3)(c3ccccc3)c3ccccc3)O2)c(=O)[nH]c1=O. The summed E-state index contributed by atoms with van der Waals surface area (Å²) in [4.78, 5) is 26.6. The zero-order valence-corrected chi connectivity index (χ0v) is 21.4. The van der Waals surface area contributed by atoms with Crippen molar-refractivity contribution in [1.29, 1.82) is 0 Å². The number of nitrogens with one attached hydrogen (secondary N) is 1. The number of aromatic nitrogens is 2. The molecular weight excluding hydrogens is 520 g/mol. The summed E-state index contributed by atoms with van der Waals surface area (Å²) in [5, 5.41) is 0. The molecule has 5 rings (SSSR count). The maximum absolute atomic E-state index is 12.4. The molecule has 0 aliphatic carbocycles. The van der Waals surface area contributed by atoms with Crippen molar-refractivity contribution in [2.75, 3.05) is 6.61 Å². The maximum atomic E-state index is 12.4. The lowest BCUT2D eigenvalue weighted by Crippen LogP contribution is -2.37. The smallest absolute Gasteiger partial charge is 0.330 e. The van der Waals surface area contributed by atoms with Crippen LogP contribution in [0.2, 0.25) is 0 Å². The Kier molecular flexibility index (Phi) is 7.05. The molecule has 1 aliphatic rings. The fraction of sp³-hybridized carbons (Fsp3) is 0.241. The van der Waals surface area contributed by atoms with Gasteiger partial charge in [-0.05, 0) is 23.6 Å². The molecule has 0 radical (unpaired) electrons. The average molecular weight is 547 g/mol. The van der Waals surface area contributed by atoms with E-state index in [0.717, 1.165) is 16.7 Å². The number of aryl methyl sites for hydroxylation is 1. The first-order valence-corrected chi connectivity index (χ1v) is 12.8. The Labute approximate surface area is 217 Å². The van der Waals surface area contributed by atoms with E-state index in [1.54, 1.807) is 13.1 Å². The fourth-order valence-corrected chi connectivity index (χ4v) is 5.38. The van der Waals surface area contributed by atoms with E-state index >= 15 is 0 Å². The van der Waals surface area contributed by atoms with Crippen LogP contribution in [0.1, 0.15) is 34.9 Å². The summed E-state index contributed by atoms with van der Waals surface area (Å²) >= 11 is 3.74. The van der Waals surface area contributed by atoms with Gasteiger partial charge in [0.25, 0.3) is 5.56 Å². The first-order valence-electron chi connectivity index (χ1n) is 11.9. The number of hydrogen-bond donors (Lipinski definition) is 1. The highest BCUT2D eigenvalue weighted by Crippen LogP contribution is 2.42. The molecule has 1 aromatic heterocycles. The van der Waals surface area contributed by atoms with E-state index in [1.165, 1.54) is 4.57 Å². The van der Waals surface area contributed by atoms with Gasteiger partial charge in [-0.3, -0.25) is 14.3 Å². The Morgan fingerprint density at radius 1 is 0.917 bits per heavy atom. The molecule has 3 aromatic carbocycles. The van der Waals surface area contributed by atoms with Crippen LogP contribution in [-0.2, 0) is 15.1 Å². The van der Waals surface area contributed by atoms with E-state index in [1.807, 2.05) is 54.6 Å². The predicted octanol–water partition coefficient (Wildman–Crippen LogP) is 4.90. The standard InChI is InChI=1S/C29H27BrN2O4/c1-20-18-32(28(34)31-27(20)33)26-17-24(30)25(36-26)19-35-29(21-11-5-2-6-12-21,22-13-7-3-8-14-22)23-15-9-4-10-16-23/h2-16,18,24-26H,17,19H2,1H3,(H,31,33,34)/t24-,25-,26+/m0/s1. The largest absolute Gasteiger partial charge is 0.358 e. The second-order valence-electron chi connectivity index (χ2n) is 8.95. The van der Waals surface area contributed by atoms with Gasteiger partial charge >= 0.3 is 5.69 Å². The Morgan fingerprint density at radius 2 is 1.42 bits per heavy atom. The Hall–Kier alpha value is -3.26. The third kappa shape index (κ3) is 4.62. The number of alkyl halides is 1. The third-order valence-corrected chi connectivity index (χ3v) is 7.59. The average Bonchev–Trinajstić information content (AvgIpc) is 3.28. The van der Waals surface area contributed by atoms with Gasteiger partial charge in [0.15, 0.2) is 0 Å². The van der Waals surface area contributed by atoms with Crippen molar-refractivity contribution >= 4 is 15.9 Å². The second-order valence-corrected chi connectivity index (χ2v) is 10.1. The van der Waals surface area contributed by atoms with Crippen molar-refractivity contribution in [2.45, 2.75) is 36.1 Å². The number of hydrogen-bond acceptors (Lipinski definition) is 4. The first kappa shape index (κ1) is 24.4. The number of rotatable bonds is 7. The quantitative estimate of drug-likeness (QED) is 0.264. The number of H-pyrrole nitrogens is 1. The Balaban J connectivity index is 1.50. The molecule has 0 saturated carbocycles. The molecule has 0 amide bonds. The number of nitrogens with zero attached hydrogens (tertiary/aromatic N) is 1. The minimum atomic E-state index is -0.858. The predicted molar refractivity (Wildman–Crippen MR) is 142 cm³/mol. The van der Waals surface area contributed by atoms with Gasteiger partial charge in [-0.2, -0.15) is 0 Å². The minimum Gasteiger partial charge on any atom is -0.358 e. The second kappa shape index (κ2) is 10.4. The molecule has 1 N–H and O–H groups in total. The molecular formula is C29H27BrN2O4. The van der Waals surface area contributed by atoms with Crippen molar-refractivity contribution in [1.82, 2.24) is 9.55 Å². The highest BCUT2D eigenvalue weighted by Gasteiger charge is 2.41. The highest BCUT2D eigenvalue weighted by molar-refractivity contribution is 9.09. The molecule has 0 spiro atoms. The number of ether oxygens (including phenoxy) is 2. The van der Waals surface area contributed by atoms with E-state index in [4.69, 9.17) is 9.47 Å². The lowest BCUT2D eigenvalue weighted by molar-refractivity contribution is -0.0763. The zero-order valence-electron chi connectivity index (χ0n) is 19.8. The van der Waals surface area contributed by atoms with Gasteiger partial charge in [0.05, 0.1) is 12.7 Å². The van der Waals surface area contributed by atoms with Crippen molar-refractivity contribution in [3.8, 4) is 0 Å². The van der Waals surface area contributed by atoms with Gasteiger partial charge in [-0.25, -0.2) is 4.79 Å². The Morgan fingerprint density at radius 3 is 1.92 bits per heavy atom. The molecule has 6 nitrogen and oxygen atoms in total. The number of halogens is 1. The van der Waals surface area contributed by atoms with Gasteiger partial charge in [0.2, 0.25) is 0 Å². The summed E-state index contributed by atoms with van der Waals surface area (Å²) in [5.41, 5.74) is 1.76. The molecule has 36 heavy (non-hydrogen) atoms. The van der Waals surface area contributed by atoms with Crippen LogP contribution in [-0.4, -0.2) is 27.1 Å². The normalized spacial score (nSPS) is 19.9. The molecule has 0 bridgehead atoms. The zero-order chi connectivity index (χ0) is 25.1. The van der Waals surface area contributed by atoms with E-state index < -0.39 is 17.5 Å². The number of benzene rings is 3. The van der Waals surface area contributed by atoms with Crippen LogP contribution in [0.15, 0.2) is 107 Å². The summed E-state index contributed by atoms with van der Waals surface area (Å²) in [7, 11) is 0. The minimum absolute atomic E-state index is 0.0401. The molecule has 7 heteroatoms. The topological polar surface area (TPSA) is 73.3 Å². The van der Waals surface area contributed by atoms with Gasteiger partial charge in [-0.1, -0.05) is 107 Å². The van der Waals surface area contributed by atoms with Crippen molar-refractivity contribution in [3.63, 3.8) is 0 Å². The van der Waals surface area contributed by atoms with Crippen molar-refractivity contribution < 1.29 is 9.47 Å². The monoisotopic (exact) mass is 546 g/mol. The van der Waals surface area contributed by atoms with Crippen LogP contribution in [0.25, 0.3) is 0 Å². The lowest BCUT2D eigenvalue weighted by Gasteiger charge is -2.37. The van der Waals surface area contributed by atoms with Crippen LogP contribution < -0.4 is 11.2 Å². The van der Waals surface area contributed by atoms with E-state index in [-0.39, 0.29) is 23.1 Å². The van der Waals surface area contributed by atoms with E-state index in [9.17, 15) is 9.59 Å². The molecule has 1 aliphatic heterocycles. The summed E-state index contributed by atoms with van der Waals surface area (Å²) in [5.74, 6) is 0. The number of aromatic amines is 1. The van der Waals surface area contributed by atoms with Gasteiger partial charge in [0.1, 0.15) is 11.8 Å². The molecule has 184 valence electrons. The summed E-state index contributed by atoms with van der Waals surface area (Å²) in [6, 6.07) is 30.5. The first-order chi connectivity index (χ1) is 17.5. The summed E-state index contributed by atoms with van der Waals surface area (Å²) < 4.78 is 14.7. The molecule has 4 aromatic rings. The van der Waals surface area contributed by atoms with E-state index in [0.29, 0.717) is 12.0 Å². The van der Waals surface area contributed by atoms with Crippen LogP contribution in [0.4, 0.5) is 0 Å².